The maximum absolute atomic E-state index is 10.2. The molecule has 23 heavy (non-hydrogen) atoms. The van der Waals surface area contributed by atoms with E-state index in [1.807, 2.05) is 54.6 Å². The van der Waals surface area contributed by atoms with Crippen LogP contribution >= 0.6 is 0 Å². The lowest BCUT2D eigenvalue weighted by Crippen LogP contribution is -2.26. The van der Waals surface area contributed by atoms with Gasteiger partial charge >= 0.3 is 0 Å². The van der Waals surface area contributed by atoms with Gasteiger partial charge < -0.3 is 15.6 Å². The third-order valence-corrected chi connectivity index (χ3v) is 3.97. The zero-order chi connectivity index (χ0) is 16.7. The number of rotatable bonds is 8. The van der Waals surface area contributed by atoms with Crippen LogP contribution < -0.4 is 10.5 Å². The first-order chi connectivity index (χ1) is 11.1. The van der Waals surface area contributed by atoms with Crippen LogP contribution in [0.2, 0.25) is 0 Å². The lowest BCUT2D eigenvalue weighted by molar-refractivity contribution is 0.128. The highest BCUT2D eigenvalue weighted by atomic mass is 16.5. The highest BCUT2D eigenvalue weighted by Crippen LogP contribution is 2.22. The van der Waals surface area contributed by atoms with E-state index in [2.05, 4.69) is 13.8 Å². The molecule has 0 aliphatic carbocycles. The van der Waals surface area contributed by atoms with Gasteiger partial charge in [-0.3, -0.25) is 0 Å². The second-order valence-corrected chi connectivity index (χ2v) is 6.41. The Balaban J connectivity index is 1.88. The summed E-state index contributed by atoms with van der Waals surface area (Å²) in [7, 11) is 0. The molecule has 0 amide bonds. The summed E-state index contributed by atoms with van der Waals surface area (Å²) in [5.41, 5.74) is 8.22. The smallest absolute Gasteiger partial charge is 0.119 e. The van der Waals surface area contributed by atoms with Crippen LogP contribution in [-0.2, 0) is 6.61 Å². The van der Waals surface area contributed by atoms with Crippen LogP contribution in [0.15, 0.2) is 54.6 Å². The molecule has 0 aliphatic heterocycles. The van der Waals surface area contributed by atoms with E-state index >= 15 is 0 Å². The van der Waals surface area contributed by atoms with Crippen molar-refractivity contribution in [1.82, 2.24) is 0 Å². The maximum Gasteiger partial charge on any atom is 0.119 e. The summed E-state index contributed by atoms with van der Waals surface area (Å²) in [5.74, 6) is 1.38. The fourth-order valence-corrected chi connectivity index (χ4v) is 2.43. The molecule has 2 rings (SSSR count). The minimum absolute atomic E-state index is 0.350. The maximum atomic E-state index is 10.2. The van der Waals surface area contributed by atoms with Crippen molar-refractivity contribution in [2.75, 3.05) is 0 Å². The number of aliphatic hydroxyl groups is 1. The third kappa shape index (κ3) is 5.70. The number of benzene rings is 2. The highest BCUT2D eigenvalue weighted by Gasteiger charge is 2.17. The fourth-order valence-electron chi connectivity index (χ4n) is 2.43. The molecule has 124 valence electrons. The average molecular weight is 313 g/mol. The van der Waals surface area contributed by atoms with Crippen LogP contribution in [0.5, 0.6) is 5.75 Å². The second-order valence-electron chi connectivity index (χ2n) is 6.41. The Labute approximate surface area is 139 Å². The van der Waals surface area contributed by atoms with Crippen molar-refractivity contribution in [3.05, 3.63) is 65.7 Å². The summed E-state index contributed by atoms with van der Waals surface area (Å²) < 4.78 is 5.76. The quantitative estimate of drug-likeness (QED) is 0.772. The van der Waals surface area contributed by atoms with E-state index in [1.165, 1.54) is 0 Å². The Morgan fingerprint density at radius 1 is 0.957 bits per heavy atom. The number of hydrogen-bond donors (Lipinski definition) is 2. The van der Waals surface area contributed by atoms with Gasteiger partial charge in [-0.1, -0.05) is 56.3 Å². The molecule has 0 radical (unpaired) electrons. The van der Waals surface area contributed by atoms with Gasteiger partial charge in [-0.25, -0.2) is 0 Å². The first kappa shape index (κ1) is 17.5. The summed E-state index contributed by atoms with van der Waals surface area (Å²) >= 11 is 0. The standard InChI is InChI=1S/C20H27NO2/c1-15(2)8-13-19(22)20(21)17-9-11-18(12-10-17)23-14-16-6-4-3-5-7-16/h3-7,9-12,15,19-20,22H,8,13-14,21H2,1-2H3/t19-,20+/m1/s1. The molecular formula is C20H27NO2. The van der Waals surface area contributed by atoms with Gasteiger partial charge in [-0.2, -0.15) is 0 Å². The van der Waals surface area contributed by atoms with Gasteiger partial charge in [0.2, 0.25) is 0 Å². The molecule has 3 N–H and O–H groups in total. The Bertz CT molecular complexity index is 566. The van der Waals surface area contributed by atoms with Gasteiger partial charge in [0.25, 0.3) is 0 Å². The second kappa shape index (κ2) is 8.70. The minimum Gasteiger partial charge on any atom is -0.489 e. The van der Waals surface area contributed by atoms with Crippen molar-refractivity contribution in [2.24, 2.45) is 11.7 Å². The van der Waals surface area contributed by atoms with Gasteiger partial charge in [-0.05, 0) is 42.0 Å². The predicted octanol–water partition coefficient (Wildman–Crippen LogP) is 4.06. The van der Waals surface area contributed by atoms with Crippen LogP contribution in [-0.4, -0.2) is 11.2 Å². The van der Waals surface area contributed by atoms with Gasteiger partial charge in [0.1, 0.15) is 12.4 Å². The Morgan fingerprint density at radius 3 is 2.22 bits per heavy atom. The number of aliphatic hydroxyl groups excluding tert-OH is 1. The van der Waals surface area contributed by atoms with Crippen molar-refractivity contribution < 1.29 is 9.84 Å². The monoisotopic (exact) mass is 313 g/mol. The van der Waals surface area contributed by atoms with Gasteiger partial charge in [0.05, 0.1) is 12.1 Å². The van der Waals surface area contributed by atoms with Crippen molar-refractivity contribution in [3.63, 3.8) is 0 Å². The zero-order valence-corrected chi connectivity index (χ0v) is 14.0. The largest absolute Gasteiger partial charge is 0.489 e. The van der Waals surface area contributed by atoms with Crippen LogP contribution in [0.3, 0.4) is 0 Å². The van der Waals surface area contributed by atoms with E-state index in [0.717, 1.165) is 29.7 Å². The van der Waals surface area contributed by atoms with E-state index in [4.69, 9.17) is 10.5 Å². The summed E-state index contributed by atoms with van der Waals surface area (Å²) in [6.45, 7) is 4.84. The van der Waals surface area contributed by atoms with E-state index < -0.39 is 6.10 Å². The van der Waals surface area contributed by atoms with Gasteiger partial charge in [0.15, 0.2) is 0 Å². The topological polar surface area (TPSA) is 55.5 Å². The Kier molecular flexibility index (Phi) is 6.63. The van der Waals surface area contributed by atoms with Gasteiger partial charge in [-0.15, -0.1) is 0 Å². The molecule has 0 saturated heterocycles. The molecule has 0 bridgehead atoms. The molecule has 0 unspecified atom stereocenters. The summed E-state index contributed by atoms with van der Waals surface area (Å²) in [6.07, 6.45) is 1.20. The lowest BCUT2D eigenvalue weighted by atomic mass is 9.96. The lowest BCUT2D eigenvalue weighted by Gasteiger charge is -2.20. The van der Waals surface area contributed by atoms with Crippen molar-refractivity contribution >= 4 is 0 Å². The van der Waals surface area contributed by atoms with Crippen LogP contribution in [0, 0.1) is 5.92 Å². The van der Waals surface area contributed by atoms with Gasteiger partial charge in [0, 0.05) is 0 Å². The molecule has 3 nitrogen and oxygen atoms in total. The molecule has 0 saturated carbocycles. The van der Waals surface area contributed by atoms with Crippen LogP contribution in [0.25, 0.3) is 0 Å². The number of hydrogen-bond acceptors (Lipinski definition) is 3. The molecular weight excluding hydrogens is 286 g/mol. The van der Waals surface area contributed by atoms with E-state index in [-0.39, 0.29) is 6.04 Å². The zero-order valence-electron chi connectivity index (χ0n) is 14.0. The van der Waals surface area contributed by atoms with E-state index in [9.17, 15) is 5.11 Å². The summed E-state index contributed by atoms with van der Waals surface area (Å²) in [6, 6.07) is 17.4. The molecule has 2 aromatic rings. The normalized spacial score (nSPS) is 13.8. The Hall–Kier alpha value is -1.84. The molecule has 0 aromatic heterocycles. The molecule has 3 heteroatoms. The summed E-state index contributed by atoms with van der Waals surface area (Å²) in [5, 5.41) is 10.2. The first-order valence-electron chi connectivity index (χ1n) is 8.26. The SMILES string of the molecule is CC(C)CC[C@@H](O)[C@@H](N)c1ccc(OCc2ccccc2)cc1. The van der Waals surface area contributed by atoms with Crippen molar-refractivity contribution in [2.45, 2.75) is 45.4 Å². The fraction of sp³-hybridized carbons (Fsp3) is 0.400. The number of ether oxygens (including phenoxy) is 1. The van der Waals surface area contributed by atoms with Crippen molar-refractivity contribution in [1.29, 1.82) is 0 Å². The Morgan fingerprint density at radius 2 is 1.61 bits per heavy atom. The third-order valence-electron chi connectivity index (χ3n) is 3.97. The van der Waals surface area contributed by atoms with Crippen LogP contribution in [0.1, 0.15) is 43.9 Å². The molecule has 0 fully saturated rings. The minimum atomic E-state index is -0.506. The van der Waals surface area contributed by atoms with E-state index in [0.29, 0.717) is 12.5 Å². The molecule has 2 atom stereocenters. The molecule has 2 aromatic carbocycles. The first-order valence-corrected chi connectivity index (χ1v) is 8.26. The number of nitrogens with two attached hydrogens (primary N) is 1. The van der Waals surface area contributed by atoms with Crippen LogP contribution in [0.4, 0.5) is 0 Å². The molecule has 0 aliphatic rings. The summed E-state index contributed by atoms with van der Waals surface area (Å²) in [4.78, 5) is 0. The van der Waals surface area contributed by atoms with Crippen molar-refractivity contribution in [3.8, 4) is 5.75 Å². The predicted molar refractivity (Wildman–Crippen MR) is 94.2 cm³/mol. The van der Waals surface area contributed by atoms with E-state index in [1.54, 1.807) is 0 Å². The highest BCUT2D eigenvalue weighted by molar-refractivity contribution is 5.30. The molecule has 0 heterocycles. The molecule has 0 spiro atoms. The average Bonchev–Trinajstić information content (AvgIpc) is 2.58.